The van der Waals surface area contributed by atoms with E-state index in [0.717, 1.165) is 11.5 Å². The van der Waals surface area contributed by atoms with Gasteiger partial charge in [-0.25, -0.2) is 9.97 Å². The van der Waals surface area contributed by atoms with Crippen LogP contribution in [-0.4, -0.2) is 17.2 Å². The Morgan fingerprint density at radius 1 is 0.514 bits per heavy atom. The van der Waals surface area contributed by atoms with Crippen molar-refractivity contribution in [2.24, 2.45) is 0 Å². The second-order valence-corrected chi connectivity index (χ2v) is 13.6. The lowest BCUT2D eigenvalue weighted by Crippen LogP contribution is -2.19. The molecule has 2 fully saturated rings. The van der Waals surface area contributed by atoms with Crippen LogP contribution in [0.5, 0.6) is 0 Å². The first kappa shape index (κ1) is 29.1. The monoisotopic (exact) mass is 522 g/mol. The molecule has 4 rings (SSSR count). The van der Waals surface area contributed by atoms with Crippen molar-refractivity contribution in [3.63, 3.8) is 0 Å². The zero-order valence-electron chi connectivity index (χ0n) is 24.0. The summed E-state index contributed by atoms with van der Waals surface area (Å²) in [6.07, 6.45) is 35.5. The van der Waals surface area contributed by atoms with Crippen molar-refractivity contribution in [1.82, 2.24) is 9.97 Å². The van der Waals surface area contributed by atoms with Gasteiger partial charge >= 0.3 is 0 Å². The summed E-state index contributed by atoms with van der Waals surface area (Å²) in [6, 6.07) is 4.70. The van der Waals surface area contributed by atoms with Crippen molar-refractivity contribution in [3.8, 4) is 0 Å². The van der Waals surface area contributed by atoms with Gasteiger partial charge in [-0.3, -0.25) is 0 Å². The van der Waals surface area contributed by atoms with E-state index in [1.165, 1.54) is 183 Å². The van der Waals surface area contributed by atoms with E-state index in [2.05, 4.69) is 12.1 Å². The Morgan fingerprint density at radius 2 is 0.946 bits per heavy atom. The highest BCUT2D eigenvalue weighted by Gasteiger charge is 2.18. The summed E-state index contributed by atoms with van der Waals surface area (Å²) in [7, 11) is 1.18. The van der Waals surface area contributed by atoms with Crippen molar-refractivity contribution in [3.05, 3.63) is 17.8 Å². The molecule has 0 spiro atoms. The number of thiazole rings is 1. The Morgan fingerprint density at radius 3 is 1.43 bits per heavy atom. The summed E-state index contributed by atoms with van der Waals surface area (Å²) in [5.74, 6) is 1.45. The summed E-state index contributed by atoms with van der Waals surface area (Å²) < 4.78 is 1.31. The maximum atomic E-state index is 5.19. The van der Waals surface area contributed by atoms with Gasteiger partial charge in [-0.1, -0.05) is 153 Å². The van der Waals surface area contributed by atoms with Gasteiger partial charge in [-0.15, -0.1) is 11.3 Å². The average Bonchev–Trinajstić information content (AvgIpc) is 3.29. The summed E-state index contributed by atoms with van der Waals surface area (Å²) in [5, 5.41) is 0. The van der Waals surface area contributed by atoms with E-state index in [1.807, 2.05) is 11.3 Å². The van der Waals surface area contributed by atoms with Gasteiger partial charge in [0.2, 0.25) is 0 Å². The number of nitrogens with zero attached hydrogens (tertiary/aromatic N) is 2. The number of hydrogen-bond acceptors (Lipinski definition) is 3. The van der Waals surface area contributed by atoms with Crippen molar-refractivity contribution in [1.29, 1.82) is 0 Å². The third kappa shape index (κ3) is 11.0. The topological polar surface area (TPSA) is 25.8 Å². The van der Waals surface area contributed by atoms with Crippen LogP contribution in [0.4, 0.5) is 0 Å². The van der Waals surface area contributed by atoms with Crippen LogP contribution in [0.15, 0.2) is 12.1 Å². The summed E-state index contributed by atoms with van der Waals surface area (Å²) in [5.41, 5.74) is 2.37. The van der Waals surface area contributed by atoms with E-state index in [-0.39, 0.29) is 0 Å². The number of pyridine rings is 1. The van der Waals surface area contributed by atoms with E-state index >= 15 is 0 Å². The Kier molecular flexibility index (Phi) is 13.9. The maximum absolute atomic E-state index is 5.19. The average molecular weight is 523 g/mol. The fourth-order valence-electron chi connectivity index (χ4n) is 6.88. The SMILES string of the molecule is B(c1nc2nc(C3CCCCCCCCCCC3)ccc2s1)C1CCCCCCCCCCCCCC1. The number of rotatable bonds is 3. The highest BCUT2D eigenvalue weighted by Crippen LogP contribution is 2.30. The van der Waals surface area contributed by atoms with Gasteiger partial charge in [-0.05, 0) is 25.0 Å². The summed E-state index contributed by atoms with van der Waals surface area (Å²) in [4.78, 5) is 11.7. The molecule has 0 aliphatic heterocycles. The van der Waals surface area contributed by atoms with Crippen LogP contribution in [-0.2, 0) is 0 Å². The van der Waals surface area contributed by atoms with Crippen LogP contribution < -0.4 is 4.91 Å². The molecule has 206 valence electrons. The molecule has 0 saturated heterocycles. The van der Waals surface area contributed by atoms with Crippen LogP contribution in [0.25, 0.3) is 10.3 Å². The third-order valence-electron chi connectivity index (χ3n) is 9.28. The first-order valence-corrected chi connectivity index (χ1v) is 17.5. The predicted octanol–water partition coefficient (Wildman–Crippen LogP) is 10.4. The molecule has 0 N–H and O–H groups in total. The molecule has 2 saturated carbocycles. The molecule has 2 nitrogen and oxygen atoms in total. The first-order valence-electron chi connectivity index (χ1n) is 16.6. The second kappa shape index (κ2) is 17.6. The molecule has 0 radical (unpaired) electrons. The van der Waals surface area contributed by atoms with Crippen LogP contribution in [0.3, 0.4) is 0 Å². The normalized spacial score (nSPS) is 22.4. The first-order chi connectivity index (χ1) is 18.4. The fourth-order valence-corrected chi connectivity index (χ4v) is 7.90. The Hall–Kier alpha value is -0.895. The fraction of sp³-hybridized carbons (Fsp3) is 0.818. The molecule has 0 atom stereocenters. The van der Waals surface area contributed by atoms with Gasteiger partial charge in [0.1, 0.15) is 0 Å². The van der Waals surface area contributed by atoms with Gasteiger partial charge in [0, 0.05) is 11.6 Å². The lowest BCUT2D eigenvalue weighted by Gasteiger charge is -2.17. The summed E-state index contributed by atoms with van der Waals surface area (Å²) >= 11 is 1.93. The molecule has 2 heterocycles. The van der Waals surface area contributed by atoms with Crippen molar-refractivity contribution < 1.29 is 0 Å². The highest BCUT2D eigenvalue weighted by molar-refractivity contribution is 7.26. The Bertz CT molecular complexity index is 837. The molecule has 0 amide bonds. The van der Waals surface area contributed by atoms with Crippen LogP contribution >= 0.6 is 11.3 Å². The van der Waals surface area contributed by atoms with E-state index < -0.39 is 0 Å². The van der Waals surface area contributed by atoms with Crippen molar-refractivity contribution >= 4 is 33.9 Å². The number of aromatic nitrogens is 2. The highest BCUT2D eigenvalue weighted by atomic mass is 32.1. The lowest BCUT2D eigenvalue weighted by atomic mass is 9.61. The minimum absolute atomic E-state index is 0.637. The maximum Gasteiger partial charge on any atom is 0.199 e. The molecule has 4 heteroatoms. The molecule has 2 aromatic rings. The van der Waals surface area contributed by atoms with E-state index in [9.17, 15) is 0 Å². The smallest absolute Gasteiger partial charge is 0.199 e. The molecular weight excluding hydrogens is 467 g/mol. The van der Waals surface area contributed by atoms with Crippen LogP contribution in [0.1, 0.15) is 172 Å². The minimum atomic E-state index is 0.637. The lowest BCUT2D eigenvalue weighted by molar-refractivity contribution is 0.462. The van der Waals surface area contributed by atoms with Crippen LogP contribution in [0, 0.1) is 0 Å². The molecule has 2 aliphatic carbocycles. The summed E-state index contributed by atoms with van der Waals surface area (Å²) in [6.45, 7) is 0. The quantitative estimate of drug-likeness (QED) is 0.375. The van der Waals surface area contributed by atoms with E-state index in [0.29, 0.717) is 5.92 Å². The van der Waals surface area contributed by atoms with Crippen molar-refractivity contribution in [2.45, 2.75) is 172 Å². The Balaban J connectivity index is 1.36. The zero-order valence-corrected chi connectivity index (χ0v) is 24.8. The molecule has 0 aromatic carbocycles. The number of fused-ring (bicyclic) bond motifs is 1. The molecule has 37 heavy (non-hydrogen) atoms. The molecule has 2 aliphatic rings. The molecule has 0 unspecified atom stereocenters. The van der Waals surface area contributed by atoms with E-state index in [4.69, 9.17) is 9.97 Å². The van der Waals surface area contributed by atoms with E-state index in [1.54, 1.807) is 0 Å². The van der Waals surface area contributed by atoms with Gasteiger partial charge in [0.25, 0.3) is 0 Å². The third-order valence-corrected chi connectivity index (χ3v) is 10.3. The van der Waals surface area contributed by atoms with Gasteiger partial charge in [0.05, 0.1) is 9.61 Å². The largest absolute Gasteiger partial charge is 0.232 e. The predicted molar refractivity (Wildman–Crippen MR) is 166 cm³/mol. The van der Waals surface area contributed by atoms with Crippen LogP contribution in [0.2, 0.25) is 5.82 Å². The van der Waals surface area contributed by atoms with Gasteiger partial charge in [0.15, 0.2) is 12.9 Å². The standard InChI is InChI=1S/C33H55BN2S/c1-2-4-9-13-17-21-25-29(24-20-16-12-8-3-1)34-33-36-32-31(37-33)27-26-30(35-32)28-22-18-14-10-6-5-7-11-15-19-23-28/h26-29,34H,1-25H2. The van der Waals surface area contributed by atoms with Gasteiger partial charge < -0.3 is 0 Å². The number of hydrogen-bond donors (Lipinski definition) is 0. The Labute approximate surface area is 233 Å². The van der Waals surface area contributed by atoms with Gasteiger partial charge in [-0.2, -0.15) is 0 Å². The second-order valence-electron chi connectivity index (χ2n) is 12.5. The molecule has 0 bridgehead atoms. The zero-order chi connectivity index (χ0) is 25.4. The molecular formula is C33H55BN2S. The molecule has 2 aromatic heterocycles. The minimum Gasteiger partial charge on any atom is -0.232 e. The van der Waals surface area contributed by atoms with Crippen molar-refractivity contribution in [2.75, 3.05) is 0 Å².